The molecule has 0 atom stereocenters. The molecule has 142 valence electrons. The Labute approximate surface area is 164 Å². The highest BCUT2D eigenvalue weighted by Gasteiger charge is 2.42. The number of carbonyl (C=O) groups is 3. The molecule has 0 saturated heterocycles. The number of benzene rings is 3. The highest BCUT2D eigenvalue weighted by Crippen LogP contribution is 2.56. The van der Waals surface area contributed by atoms with Crippen LogP contribution in [0.15, 0.2) is 54.6 Å². The van der Waals surface area contributed by atoms with Gasteiger partial charge in [0.25, 0.3) is 0 Å². The zero-order valence-corrected chi connectivity index (χ0v) is 14.9. The third-order valence-corrected chi connectivity index (χ3v) is 5.87. The molecule has 2 bridgehead atoms. The lowest BCUT2D eigenvalue weighted by Crippen LogP contribution is -2.28. The van der Waals surface area contributed by atoms with Gasteiger partial charge in [0, 0.05) is 11.8 Å². The summed E-state index contributed by atoms with van der Waals surface area (Å²) >= 11 is 0. The van der Waals surface area contributed by atoms with Crippen molar-refractivity contribution in [1.29, 1.82) is 0 Å². The van der Waals surface area contributed by atoms with Gasteiger partial charge in [-0.2, -0.15) is 0 Å². The SMILES string of the molecule is O=C(O)c1ccc2c(c1)C1c3ccc(C(=O)O)cc3C2c2cc(C(=O)O)ccc21. The van der Waals surface area contributed by atoms with Gasteiger partial charge in [-0.1, -0.05) is 18.2 Å². The third-order valence-electron chi connectivity index (χ3n) is 5.87. The molecule has 3 aliphatic carbocycles. The first-order valence-electron chi connectivity index (χ1n) is 8.98. The van der Waals surface area contributed by atoms with E-state index in [1.807, 2.05) is 0 Å². The van der Waals surface area contributed by atoms with Crippen LogP contribution in [0.4, 0.5) is 0 Å². The molecule has 3 N–H and O–H groups in total. The van der Waals surface area contributed by atoms with Crippen LogP contribution in [-0.2, 0) is 0 Å². The lowest BCUT2D eigenvalue weighted by atomic mass is 9.60. The van der Waals surface area contributed by atoms with E-state index in [0.29, 0.717) is 0 Å². The van der Waals surface area contributed by atoms with Crippen LogP contribution in [0.25, 0.3) is 0 Å². The van der Waals surface area contributed by atoms with Gasteiger partial charge in [-0.05, 0) is 69.8 Å². The van der Waals surface area contributed by atoms with E-state index in [4.69, 9.17) is 0 Å². The average Bonchev–Trinajstić information content (AvgIpc) is 2.71. The van der Waals surface area contributed by atoms with Gasteiger partial charge in [0.1, 0.15) is 0 Å². The van der Waals surface area contributed by atoms with Gasteiger partial charge >= 0.3 is 17.9 Å². The second-order valence-electron chi connectivity index (χ2n) is 7.31. The molecule has 0 aromatic heterocycles. The largest absolute Gasteiger partial charge is 0.478 e. The van der Waals surface area contributed by atoms with Gasteiger partial charge in [0.2, 0.25) is 0 Å². The number of aromatic carboxylic acids is 3. The highest BCUT2D eigenvalue weighted by molar-refractivity contribution is 5.91. The molecule has 3 aromatic rings. The molecule has 3 aromatic carbocycles. The molecule has 0 saturated carbocycles. The van der Waals surface area contributed by atoms with Crippen LogP contribution in [0.1, 0.15) is 76.3 Å². The minimum absolute atomic E-state index is 0.163. The Morgan fingerprint density at radius 3 is 1.03 bits per heavy atom. The van der Waals surface area contributed by atoms with E-state index in [1.54, 1.807) is 48.5 Å². The smallest absolute Gasteiger partial charge is 0.335 e. The van der Waals surface area contributed by atoms with Crippen LogP contribution < -0.4 is 0 Å². The second kappa shape index (κ2) is 5.78. The standard InChI is InChI=1S/C23H14O6/c24-21(25)10-3-6-15-16(7-10)19-13-4-1-11(22(26)27)8-17(13)20(15)18-9-12(23(28)29)2-5-14(18)19/h1-9,19-20H,(H,24,25)(H,26,27)(H,28,29). The van der Waals surface area contributed by atoms with Gasteiger partial charge in [-0.15, -0.1) is 0 Å². The molecular weight excluding hydrogens is 372 g/mol. The molecule has 0 heterocycles. The van der Waals surface area contributed by atoms with Crippen molar-refractivity contribution in [3.63, 3.8) is 0 Å². The average molecular weight is 386 g/mol. The van der Waals surface area contributed by atoms with E-state index in [9.17, 15) is 29.7 Å². The van der Waals surface area contributed by atoms with Gasteiger partial charge in [0.15, 0.2) is 0 Å². The normalized spacial score (nSPS) is 17.8. The fraction of sp³-hybridized carbons (Fsp3) is 0.0870. The summed E-state index contributed by atoms with van der Waals surface area (Å²) in [6, 6.07) is 14.9. The predicted octanol–water partition coefficient (Wildman–Crippen LogP) is 3.77. The van der Waals surface area contributed by atoms with Crippen molar-refractivity contribution in [3.8, 4) is 0 Å². The Morgan fingerprint density at radius 1 is 0.483 bits per heavy atom. The van der Waals surface area contributed by atoms with Gasteiger partial charge in [-0.25, -0.2) is 14.4 Å². The Balaban J connectivity index is 1.82. The van der Waals surface area contributed by atoms with E-state index in [2.05, 4.69) is 0 Å². The summed E-state index contributed by atoms with van der Waals surface area (Å²) in [7, 11) is 0. The summed E-state index contributed by atoms with van der Waals surface area (Å²) in [5.74, 6) is -3.70. The summed E-state index contributed by atoms with van der Waals surface area (Å²) in [5.41, 5.74) is 5.74. The summed E-state index contributed by atoms with van der Waals surface area (Å²) in [6.07, 6.45) is 0. The monoisotopic (exact) mass is 386 g/mol. The van der Waals surface area contributed by atoms with Crippen molar-refractivity contribution in [2.45, 2.75) is 11.8 Å². The number of carboxylic acids is 3. The molecule has 29 heavy (non-hydrogen) atoms. The molecule has 6 rings (SSSR count). The van der Waals surface area contributed by atoms with E-state index in [0.717, 1.165) is 33.4 Å². The maximum Gasteiger partial charge on any atom is 0.335 e. The molecule has 0 unspecified atom stereocenters. The molecule has 0 spiro atoms. The van der Waals surface area contributed by atoms with E-state index < -0.39 is 17.9 Å². The first-order valence-corrected chi connectivity index (χ1v) is 8.98. The van der Waals surface area contributed by atoms with E-state index >= 15 is 0 Å². The Kier molecular flexibility index (Phi) is 3.43. The van der Waals surface area contributed by atoms with Crippen molar-refractivity contribution in [3.05, 3.63) is 105 Å². The number of hydrogen-bond acceptors (Lipinski definition) is 3. The van der Waals surface area contributed by atoms with E-state index in [-0.39, 0.29) is 28.5 Å². The zero-order valence-electron chi connectivity index (χ0n) is 14.9. The van der Waals surface area contributed by atoms with Crippen LogP contribution in [0.3, 0.4) is 0 Å². The van der Waals surface area contributed by atoms with E-state index in [1.165, 1.54) is 6.07 Å². The lowest BCUT2D eigenvalue weighted by molar-refractivity contribution is 0.0685. The number of carboxylic acid groups (broad SMARTS) is 3. The number of rotatable bonds is 3. The summed E-state index contributed by atoms with van der Waals surface area (Å²) < 4.78 is 0. The molecule has 0 amide bonds. The van der Waals surface area contributed by atoms with Crippen LogP contribution >= 0.6 is 0 Å². The fourth-order valence-electron chi connectivity index (χ4n) is 4.67. The van der Waals surface area contributed by atoms with Crippen LogP contribution in [0.2, 0.25) is 0 Å². The predicted molar refractivity (Wildman–Crippen MR) is 102 cm³/mol. The highest BCUT2D eigenvalue weighted by atomic mass is 16.4. The molecule has 3 aliphatic rings. The van der Waals surface area contributed by atoms with Gasteiger partial charge in [-0.3, -0.25) is 0 Å². The summed E-state index contributed by atoms with van der Waals surface area (Å²) in [5, 5.41) is 28.2. The van der Waals surface area contributed by atoms with Crippen molar-refractivity contribution >= 4 is 17.9 Å². The Bertz CT molecular complexity index is 1190. The second-order valence-corrected chi connectivity index (χ2v) is 7.31. The lowest BCUT2D eigenvalue weighted by Gasteiger charge is -2.42. The molecule has 0 fully saturated rings. The van der Waals surface area contributed by atoms with Crippen LogP contribution in [0, 0.1) is 0 Å². The maximum absolute atomic E-state index is 11.5. The third kappa shape index (κ3) is 2.32. The first kappa shape index (κ1) is 17.2. The minimum Gasteiger partial charge on any atom is -0.478 e. The molecular formula is C23H14O6. The maximum atomic E-state index is 11.5. The zero-order chi connectivity index (χ0) is 20.4. The first-order chi connectivity index (χ1) is 13.9. The summed E-state index contributed by atoms with van der Waals surface area (Å²) in [4.78, 5) is 34.5. The quantitative estimate of drug-likeness (QED) is 0.435. The van der Waals surface area contributed by atoms with Crippen molar-refractivity contribution in [2.24, 2.45) is 0 Å². The molecule has 6 nitrogen and oxygen atoms in total. The Hall–Kier alpha value is -3.93. The topological polar surface area (TPSA) is 112 Å². The molecule has 0 radical (unpaired) electrons. The van der Waals surface area contributed by atoms with Crippen molar-refractivity contribution in [2.75, 3.05) is 0 Å². The van der Waals surface area contributed by atoms with Crippen LogP contribution in [0.5, 0.6) is 0 Å². The van der Waals surface area contributed by atoms with Crippen molar-refractivity contribution < 1.29 is 29.7 Å². The minimum atomic E-state index is -1.03. The summed E-state index contributed by atoms with van der Waals surface area (Å²) in [6.45, 7) is 0. The van der Waals surface area contributed by atoms with Crippen molar-refractivity contribution in [1.82, 2.24) is 0 Å². The fourth-order valence-corrected chi connectivity index (χ4v) is 4.67. The number of hydrogen-bond donors (Lipinski definition) is 3. The Morgan fingerprint density at radius 2 is 0.759 bits per heavy atom. The van der Waals surface area contributed by atoms with Gasteiger partial charge in [0.05, 0.1) is 16.7 Å². The molecule has 6 heteroatoms. The van der Waals surface area contributed by atoms with Crippen LogP contribution in [-0.4, -0.2) is 33.2 Å². The van der Waals surface area contributed by atoms with Gasteiger partial charge < -0.3 is 15.3 Å². The molecule has 0 aliphatic heterocycles.